The predicted octanol–water partition coefficient (Wildman–Crippen LogP) is 7.19. The molecule has 31 heavy (non-hydrogen) atoms. The van der Waals surface area contributed by atoms with Gasteiger partial charge in [0.05, 0.1) is 0 Å². The molecule has 0 saturated heterocycles. The molecule has 1 heterocycles. The normalized spacial score (nSPS) is 10.7. The minimum absolute atomic E-state index is 0.592. The Balaban J connectivity index is 1.76. The molecule has 0 aliphatic heterocycles. The van der Waals surface area contributed by atoms with Crippen LogP contribution in [0.5, 0.6) is 0 Å². The van der Waals surface area contributed by atoms with E-state index in [0.29, 0.717) is 22.5 Å². The molecule has 3 nitrogen and oxygen atoms in total. The van der Waals surface area contributed by atoms with Crippen LogP contribution in [0.4, 0.5) is 0 Å². The van der Waals surface area contributed by atoms with Crippen molar-refractivity contribution >= 4 is 11.6 Å². The van der Waals surface area contributed by atoms with Crippen molar-refractivity contribution < 1.29 is 0 Å². The van der Waals surface area contributed by atoms with E-state index < -0.39 is 0 Å². The fourth-order valence-corrected chi connectivity index (χ4v) is 3.67. The van der Waals surface area contributed by atoms with Crippen LogP contribution in [0, 0.1) is 0 Å². The molecule has 0 N–H and O–H groups in total. The van der Waals surface area contributed by atoms with E-state index >= 15 is 0 Å². The molecule has 0 spiro atoms. The van der Waals surface area contributed by atoms with Crippen LogP contribution in [-0.4, -0.2) is 15.0 Å². The number of rotatable bonds is 4. The highest BCUT2D eigenvalue weighted by molar-refractivity contribution is 6.31. The zero-order chi connectivity index (χ0) is 21.0. The smallest absolute Gasteiger partial charge is 0.164 e. The van der Waals surface area contributed by atoms with E-state index in [1.54, 1.807) is 0 Å². The third-order valence-corrected chi connectivity index (χ3v) is 5.24. The quantitative estimate of drug-likeness (QED) is 0.309. The van der Waals surface area contributed by atoms with Crippen LogP contribution in [-0.2, 0) is 0 Å². The maximum Gasteiger partial charge on any atom is 0.164 e. The molecule has 0 fully saturated rings. The number of halogens is 1. The number of benzene rings is 4. The van der Waals surface area contributed by atoms with Crippen molar-refractivity contribution in [2.45, 2.75) is 0 Å². The summed E-state index contributed by atoms with van der Waals surface area (Å²) in [5.74, 6) is 1.85. The standard InChI is InChI=1S/C27H18ClN3/c28-22-16-17-23(19-10-4-1-5-11-19)24(18-22)27-30-25(20-12-6-2-7-13-20)29-26(31-27)21-14-8-3-9-15-21/h1-18H. The van der Waals surface area contributed by atoms with Crippen molar-refractivity contribution in [3.8, 4) is 45.3 Å². The number of hydrogen-bond donors (Lipinski definition) is 0. The molecule has 5 rings (SSSR count). The summed E-state index contributed by atoms with van der Waals surface area (Å²) in [4.78, 5) is 14.5. The molecule has 0 atom stereocenters. The summed E-state index contributed by atoms with van der Waals surface area (Å²) < 4.78 is 0. The van der Waals surface area contributed by atoms with Gasteiger partial charge in [-0.1, -0.05) is 109 Å². The monoisotopic (exact) mass is 419 g/mol. The molecule has 0 radical (unpaired) electrons. The summed E-state index contributed by atoms with van der Waals surface area (Å²) in [5, 5.41) is 0.637. The first-order chi connectivity index (χ1) is 15.3. The first-order valence-corrected chi connectivity index (χ1v) is 10.4. The van der Waals surface area contributed by atoms with Gasteiger partial charge in [-0.15, -0.1) is 0 Å². The molecular formula is C27H18ClN3. The Morgan fingerprint density at radius 1 is 0.419 bits per heavy atom. The van der Waals surface area contributed by atoms with Gasteiger partial charge in [0, 0.05) is 21.7 Å². The number of nitrogens with zero attached hydrogens (tertiary/aromatic N) is 3. The van der Waals surface area contributed by atoms with Gasteiger partial charge in [-0.3, -0.25) is 0 Å². The molecule has 1 aromatic heterocycles. The van der Waals surface area contributed by atoms with Crippen molar-refractivity contribution in [3.63, 3.8) is 0 Å². The number of hydrogen-bond acceptors (Lipinski definition) is 3. The summed E-state index contributed by atoms with van der Waals surface area (Å²) in [6, 6.07) is 35.9. The molecule has 0 aliphatic rings. The molecule has 0 aliphatic carbocycles. The lowest BCUT2D eigenvalue weighted by Crippen LogP contribution is -2.01. The van der Waals surface area contributed by atoms with Crippen molar-refractivity contribution in [1.29, 1.82) is 0 Å². The minimum Gasteiger partial charge on any atom is -0.208 e. The Kier molecular flexibility index (Phi) is 5.26. The molecule has 0 unspecified atom stereocenters. The van der Waals surface area contributed by atoms with E-state index in [2.05, 4.69) is 12.1 Å². The lowest BCUT2D eigenvalue weighted by molar-refractivity contribution is 1.07. The van der Waals surface area contributed by atoms with E-state index in [1.165, 1.54) is 0 Å². The Hall–Kier alpha value is -3.82. The Labute approximate surface area is 186 Å². The van der Waals surface area contributed by atoms with Gasteiger partial charge in [0.2, 0.25) is 0 Å². The van der Waals surface area contributed by atoms with Gasteiger partial charge in [-0.2, -0.15) is 0 Å². The Bertz CT molecular complexity index is 1260. The zero-order valence-electron chi connectivity index (χ0n) is 16.6. The van der Waals surface area contributed by atoms with Gasteiger partial charge in [0.25, 0.3) is 0 Å². The van der Waals surface area contributed by atoms with Crippen LogP contribution >= 0.6 is 11.6 Å². The Morgan fingerprint density at radius 2 is 0.871 bits per heavy atom. The summed E-state index contributed by atoms with van der Waals surface area (Å²) in [5.41, 5.74) is 4.85. The molecule has 5 aromatic rings. The van der Waals surface area contributed by atoms with Crippen LogP contribution in [0.3, 0.4) is 0 Å². The topological polar surface area (TPSA) is 38.7 Å². The van der Waals surface area contributed by atoms with Gasteiger partial charge >= 0.3 is 0 Å². The first kappa shape index (κ1) is 19.2. The van der Waals surface area contributed by atoms with E-state index in [1.807, 2.05) is 97.1 Å². The molecular weight excluding hydrogens is 402 g/mol. The van der Waals surface area contributed by atoms with Crippen molar-refractivity contribution in [3.05, 3.63) is 114 Å². The van der Waals surface area contributed by atoms with Crippen molar-refractivity contribution in [2.24, 2.45) is 0 Å². The third kappa shape index (κ3) is 4.09. The fraction of sp³-hybridized carbons (Fsp3) is 0. The second-order valence-corrected chi connectivity index (χ2v) is 7.53. The van der Waals surface area contributed by atoms with Crippen LogP contribution in [0.25, 0.3) is 45.3 Å². The second-order valence-electron chi connectivity index (χ2n) is 7.09. The SMILES string of the molecule is Clc1ccc(-c2ccccc2)c(-c2nc(-c3ccccc3)nc(-c3ccccc3)n2)c1. The highest BCUT2D eigenvalue weighted by Crippen LogP contribution is 2.34. The van der Waals surface area contributed by atoms with Crippen LogP contribution in [0.15, 0.2) is 109 Å². The fourth-order valence-electron chi connectivity index (χ4n) is 3.50. The summed E-state index contributed by atoms with van der Waals surface area (Å²) in [7, 11) is 0. The van der Waals surface area contributed by atoms with E-state index in [-0.39, 0.29) is 0 Å². The highest BCUT2D eigenvalue weighted by atomic mass is 35.5. The van der Waals surface area contributed by atoms with Gasteiger partial charge in [0.15, 0.2) is 17.5 Å². The second kappa shape index (κ2) is 8.50. The van der Waals surface area contributed by atoms with E-state index in [9.17, 15) is 0 Å². The third-order valence-electron chi connectivity index (χ3n) is 5.01. The summed E-state index contributed by atoms with van der Waals surface area (Å²) in [6.07, 6.45) is 0. The van der Waals surface area contributed by atoms with E-state index in [4.69, 9.17) is 26.6 Å². The van der Waals surface area contributed by atoms with Gasteiger partial charge < -0.3 is 0 Å². The van der Waals surface area contributed by atoms with Crippen LogP contribution in [0.1, 0.15) is 0 Å². The molecule has 4 heteroatoms. The van der Waals surface area contributed by atoms with Crippen LogP contribution in [0.2, 0.25) is 5.02 Å². The van der Waals surface area contributed by atoms with Crippen molar-refractivity contribution in [1.82, 2.24) is 15.0 Å². The van der Waals surface area contributed by atoms with Crippen molar-refractivity contribution in [2.75, 3.05) is 0 Å². The van der Waals surface area contributed by atoms with Gasteiger partial charge in [0.1, 0.15) is 0 Å². The number of aromatic nitrogens is 3. The molecule has 0 saturated carbocycles. The van der Waals surface area contributed by atoms with Crippen LogP contribution < -0.4 is 0 Å². The largest absolute Gasteiger partial charge is 0.208 e. The minimum atomic E-state index is 0.592. The predicted molar refractivity (Wildman–Crippen MR) is 127 cm³/mol. The summed E-state index contributed by atoms with van der Waals surface area (Å²) in [6.45, 7) is 0. The molecule has 0 amide bonds. The molecule has 148 valence electrons. The average Bonchev–Trinajstić information content (AvgIpc) is 2.85. The maximum atomic E-state index is 6.40. The lowest BCUT2D eigenvalue weighted by atomic mass is 9.99. The lowest BCUT2D eigenvalue weighted by Gasteiger charge is -2.12. The van der Waals surface area contributed by atoms with Gasteiger partial charge in [-0.05, 0) is 23.3 Å². The summed E-state index contributed by atoms with van der Waals surface area (Å²) >= 11 is 6.40. The van der Waals surface area contributed by atoms with E-state index in [0.717, 1.165) is 27.8 Å². The maximum absolute atomic E-state index is 6.40. The zero-order valence-corrected chi connectivity index (χ0v) is 17.4. The average molecular weight is 420 g/mol. The highest BCUT2D eigenvalue weighted by Gasteiger charge is 2.16. The molecule has 0 bridgehead atoms. The Morgan fingerprint density at radius 3 is 1.39 bits per heavy atom. The van der Waals surface area contributed by atoms with Gasteiger partial charge in [-0.25, -0.2) is 15.0 Å². The molecule has 4 aromatic carbocycles. The first-order valence-electron chi connectivity index (χ1n) is 10.0.